The number of ether oxygens (including phenoxy) is 1. The van der Waals surface area contributed by atoms with Crippen LogP contribution in [0.5, 0.6) is 0 Å². The highest BCUT2D eigenvalue weighted by Crippen LogP contribution is 2.65. The van der Waals surface area contributed by atoms with Gasteiger partial charge in [-0.05, 0) is 74.0 Å². The topological polar surface area (TPSA) is 26.3 Å². The minimum absolute atomic E-state index is 0.0292. The van der Waals surface area contributed by atoms with Crippen molar-refractivity contribution >= 4 is 5.97 Å². The van der Waals surface area contributed by atoms with Gasteiger partial charge in [-0.1, -0.05) is 26.0 Å². The molecular weight excluding hydrogens is 303 g/mol. The summed E-state index contributed by atoms with van der Waals surface area (Å²) in [7, 11) is 0. The highest BCUT2D eigenvalue weighted by atomic mass is 19.1. The monoisotopic (exact) mass is 334 g/mol. The molecule has 0 aromatic carbocycles. The van der Waals surface area contributed by atoms with Crippen LogP contribution in [-0.4, -0.2) is 18.2 Å². The third-order valence-corrected chi connectivity index (χ3v) is 8.34. The van der Waals surface area contributed by atoms with Gasteiger partial charge in [0.2, 0.25) is 0 Å². The fourth-order valence-corrected chi connectivity index (χ4v) is 7.20. The lowest BCUT2D eigenvalue weighted by atomic mass is 9.46. The van der Waals surface area contributed by atoms with E-state index in [4.69, 9.17) is 4.74 Å². The first-order valence-electron chi connectivity index (χ1n) is 9.85. The second-order valence-electron chi connectivity index (χ2n) is 9.30. The van der Waals surface area contributed by atoms with Crippen molar-refractivity contribution in [3.05, 3.63) is 12.2 Å². The number of fused-ring (bicyclic) bond motifs is 5. The van der Waals surface area contributed by atoms with Crippen LogP contribution >= 0.6 is 0 Å². The number of esters is 1. The number of carbonyl (C=O) groups excluding carboxylic acids is 1. The first kappa shape index (κ1) is 16.6. The summed E-state index contributed by atoms with van der Waals surface area (Å²) >= 11 is 0. The van der Waals surface area contributed by atoms with Gasteiger partial charge in [-0.3, -0.25) is 4.79 Å². The van der Waals surface area contributed by atoms with Crippen LogP contribution in [0.15, 0.2) is 12.2 Å². The third-order valence-electron chi connectivity index (χ3n) is 8.34. The number of carbonyl (C=O) groups is 1. The summed E-state index contributed by atoms with van der Waals surface area (Å²) in [6.07, 6.45) is 11.1. The molecule has 0 aromatic heterocycles. The Hall–Kier alpha value is -0.860. The maximum absolute atomic E-state index is 14.6. The zero-order chi connectivity index (χ0) is 17.1. The number of rotatable bonds is 1. The quantitative estimate of drug-likeness (QED) is 0.494. The van der Waals surface area contributed by atoms with Crippen molar-refractivity contribution < 1.29 is 13.9 Å². The predicted molar refractivity (Wildman–Crippen MR) is 92.1 cm³/mol. The Labute approximate surface area is 145 Å². The SMILES string of the molecule is CC(=O)OC1CC[C@H]2[C@@H]3CCC4C(F)CC=C[C@]4(C)[C@@H]3CC[C@]12C. The van der Waals surface area contributed by atoms with Gasteiger partial charge in [0, 0.05) is 12.3 Å². The first-order valence-corrected chi connectivity index (χ1v) is 9.85. The van der Waals surface area contributed by atoms with Gasteiger partial charge in [0.05, 0.1) is 0 Å². The summed E-state index contributed by atoms with van der Waals surface area (Å²) in [5, 5.41) is 0. The Morgan fingerprint density at radius 1 is 1.08 bits per heavy atom. The molecular formula is C21H31FO2. The van der Waals surface area contributed by atoms with Gasteiger partial charge in [-0.2, -0.15) is 0 Å². The zero-order valence-electron chi connectivity index (χ0n) is 15.3. The van der Waals surface area contributed by atoms with Crippen molar-refractivity contribution in [2.75, 3.05) is 0 Å². The molecule has 0 N–H and O–H groups in total. The Balaban J connectivity index is 1.62. The molecule has 24 heavy (non-hydrogen) atoms. The molecule has 0 radical (unpaired) electrons. The van der Waals surface area contributed by atoms with E-state index in [9.17, 15) is 9.18 Å². The molecule has 4 aliphatic rings. The standard InChI is InChI=1S/C21H31FO2/c1-13(23)24-19-9-8-15-14-6-7-17-18(22)5-4-11-20(17,2)16(14)10-12-21(15,19)3/h4,11,14-19H,5-10,12H2,1-3H3/t14-,15-,16+,17?,18?,19?,20+,21-/m0/s1. The summed E-state index contributed by atoms with van der Waals surface area (Å²) in [4.78, 5) is 11.5. The molecule has 4 aliphatic carbocycles. The van der Waals surface area contributed by atoms with E-state index in [0.717, 1.165) is 32.1 Å². The van der Waals surface area contributed by atoms with Crippen LogP contribution in [0.4, 0.5) is 4.39 Å². The molecule has 0 aliphatic heterocycles. The van der Waals surface area contributed by atoms with E-state index >= 15 is 0 Å². The van der Waals surface area contributed by atoms with Crippen molar-refractivity contribution in [3.63, 3.8) is 0 Å². The fraction of sp³-hybridized carbons (Fsp3) is 0.857. The lowest BCUT2D eigenvalue weighted by Gasteiger charge is -2.59. The van der Waals surface area contributed by atoms with Crippen LogP contribution < -0.4 is 0 Å². The van der Waals surface area contributed by atoms with E-state index in [1.807, 2.05) is 0 Å². The van der Waals surface area contributed by atoms with Gasteiger partial charge in [0.25, 0.3) is 0 Å². The third kappa shape index (κ3) is 2.22. The van der Waals surface area contributed by atoms with Gasteiger partial charge in [-0.15, -0.1) is 0 Å². The van der Waals surface area contributed by atoms with Gasteiger partial charge in [0.15, 0.2) is 0 Å². The minimum Gasteiger partial charge on any atom is -0.462 e. The number of alkyl halides is 1. The predicted octanol–water partition coefficient (Wildman–Crippen LogP) is 5.07. The molecule has 0 aromatic rings. The number of hydrogen-bond donors (Lipinski definition) is 0. The Morgan fingerprint density at radius 3 is 2.58 bits per heavy atom. The average molecular weight is 334 g/mol. The number of hydrogen-bond acceptors (Lipinski definition) is 2. The van der Waals surface area contributed by atoms with Gasteiger partial charge in [-0.25, -0.2) is 4.39 Å². The molecule has 2 nitrogen and oxygen atoms in total. The molecule has 0 bridgehead atoms. The Kier molecular flexibility index (Phi) is 3.85. The van der Waals surface area contributed by atoms with Crippen molar-refractivity contribution in [2.45, 2.75) is 78.0 Å². The van der Waals surface area contributed by atoms with Crippen LogP contribution in [-0.2, 0) is 9.53 Å². The Morgan fingerprint density at radius 2 is 1.83 bits per heavy atom. The zero-order valence-corrected chi connectivity index (χ0v) is 15.3. The molecule has 8 atom stereocenters. The highest BCUT2D eigenvalue weighted by Gasteiger charge is 2.61. The van der Waals surface area contributed by atoms with Crippen LogP contribution in [0.1, 0.15) is 65.7 Å². The summed E-state index contributed by atoms with van der Waals surface area (Å²) < 4.78 is 20.3. The van der Waals surface area contributed by atoms with E-state index in [1.54, 1.807) is 0 Å². The van der Waals surface area contributed by atoms with Crippen molar-refractivity contribution in [2.24, 2.45) is 34.5 Å². The minimum atomic E-state index is -0.661. The maximum Gasteiger partial charge on any atom is 0.302 e. The van der Waals surface area contributed by atoms with Crippen molar-refractivity contribution in [1.82, 2.24) is 0 Å². The van der Waals surface area contributed by atoms with E-state index in [0.29, 0.717) is 24.2 Å². The summed E-state index contributed by atoms with van der Waals surface area (Å²) in [6.45, 7) is 6.19. The summed E-state index contributed by atoms with van der Waals surface area (Å²) in [5.41, 5.74) is 0.158. The summed E-state index contributed by atoms with van der Waals surface area (Å²) in [6, 6.07) is 0. The molecule has 0 heterocycles. The molecule has 3 unspecified atom stereocenters. The first-order chi connectivity index (χ1) is 11.4. The van der Waals surface area contributed by atoms with Gasteiger partial charge in [0.1, 0.15) is 12.3 Å². The Bertz CT molecular complexity index is 558. The van der Waals surface area contributed by atoms with Crippen molar-refractivity contribution in [1.29, 1.82) is 0 Å². The average Bonchev–Trinajstić information content (AvgIpc) is 2.83. The smallest absolute Gasteiger partial charge is 0.302 e. The van der Waals surface area contributed by atoms with Gasteiger partial charge < -0.3 is 4.74 Å². The number of halogens is 1. The lowest BCUT2D eigenvalue weighted by Crippen LogP contribution is -2.54. The number of allylic oxidation sites excluding steroid dienone is 2. The van der Waals surface area contributed by atoms with Crippen LogP contribution in [0.3, 0.4) is 0 Å². The molecule has 3 fully saturated rings. The molecule has 0 saturated heterocycles. The summed E-state index contributed by atoms with van der Waals surface area (Å²) in [5.74, 6) is 1.96. The second-order valence-corrected chi connectivity index (χ2v) is 9.30. The fourth-order valence-electron chi connectivity index (χ4n) is 7.20. The van der Waals surface area contributed by atoms with Crippen LogP contribution in [0.2, 0.25) is 0 Å². The largest absolute Gasteiger partial charge is 0.462 e. The van der Waals surface area contributed by atoms with Crippen molar-refractivity contribution in [3.8, 4) is 0 Å². The lowest BCUT2D eigenvalue weighted by molar-refractivity contribution is -0.159. The molecule has 134 valence electrons. The molecule has 0 amide bonds. The normalized spacial score (nSPS) is 53.0. The van der Waals surface area contributed by atoms with E-state index in [1.165, 1.54) is 13.3 Å². The van der Waals surface area contributed by atoms with Crippen LogP contribution in [0.25, 0.3) is 0 Å². The van der Waals surface area contributed by atoms with Gasteiger partial charge >= 0.3 is 5.97 Å². The molecule has 3 saturated carbocycles. The van der Waals surface area contributed by atoms with E-state index in [-0.39, 0.29) is 28.8 Å². The molecule has 3 heteroatoms. The molecule has 0 spiro atoms. The van der Waals surface area contributed by atoms with E-state index < -0.39 is 6.17 Å². The second kappa shape index (κ2) is 5.57. The van der Waals surface area contributed by atoms with Crippen LogP contribution in [0, 0.1) is 34.5 Å². The van der Waals surface area contributed by atoms with E-state index in [2.05, 4.69) is 26.0 Å². The maximum atomic E-state index is 14.6. The molecule has 4 rings (SSSR count). The highest BCUT2D eigenvalue weighted by molar-refractivity contribution is 5.66.